The second-order valence-corrected chi connectivity index (χ2v) is 3.73. The quantitative estimate of drug-likeness (QED) is 0.618. The number of allylic oxidation sites excluding steroid dienone is 2. The summed E-state index contributed by atoms with van der Waals surface area (Å²) in [6, 6.07) is 0. The van der Waals surface area contributed by atoms with Gasteiger partial charge in [-0.05, 0) is 18.9 Å². The van der Waals surface area contributed by atoms with Crippen molar-refractivity contribution in [2.75, 3.05) is 0 Å². The molecule has 0 saturated heterocycles. The molecule has 1 aliphatic rings. The van der Waals surface area contributed by atoms with Gasteiger partial charge in [0.05, 0.1) is 0 Å². The highest BCUT2D eigenvalue weighted by Crippen LogP contribution is 2.28. The van der Waals surface area contributed by atoms with Gasteiger partial charge in [-0.2, -0.15) is 0 Å². The highest BCUT2D eigenvalue weighted by atomic mass is 16.3. The summed E-state index contributed by atoms with van der Waals surface area (Å²) < 4.78 is 0. The van der Waals surface area contributed by atoms with E-state index in [-0.39, 0.29) is 5.92 Å². The fourth-order valence-electron chi connectivity index (χ4n) is 1.34. The molecule has 0 spiro atoms. The number of aliphatic hydroxyl groups is 2. The van der Waals surface area contributed by atoms with Crippen LogP contribution in [-0.2, 0) is 0 Å². The molecule has 12 heavy (non-hydrogen) atoms. The van der Waals surface area contributed by atoms with Crippen molar-refractivity contribution in [1.29, 1.82) is 0 Å². The number of aliphatic hydroxyl groups excluding tert-OH is 1. The van der Waals surface area contributed by atoms with Gasteiger partial charge in [0, 0.05) is 0 Å². The van der Waals surface area contributed by atoms with Crippen LogP contribution in [0.15, 0.2) is 23.8 Å². The van der Waals surface area contributed by atoms with Crippen LogP contribution in [0.2, 0.25) is 0 Å². The average Bonchev–Trinajstić information content (AvgIpc) is 1.97. The summed E-state index contributed by atoms with van der Waals surface area (Å²) in [6.45, 7) is 5.68. The van der Waals surface area contributed by atoms with E-state index in [1.54, 1.807) is 12.2 Å². The molecule has 2 heteroatoms. The van der Waals surface area contributed by atoms with E-state index in [1.165, 1.54) is 0 Å². The van der Waals surface area contributed by atoms with Gasteiger partial charge in [0.25, 0.3) is 0 Å². The molecule has 1 aliphatic carbocycles. The van der Waals surface area contributed by atoms with Crippen molar-refractivity contribution in [3.8, 4) is 0 Å². The zero-order chi connectivity index (χ0) is 9.35. The Kier molecular flexibility index (Phi) is 2.40. The van der Waals surface area contributed by atoms with E-state index >= 15 is 0 Å². The molecule has 0 radical (unpaired) electrons. The van der Waals surface area contributed by atoms with Gasteiger partial charge in [-0.1, -0.05) is 31.6 Å². The van der Waals surface area contributed by atoms with Gasteiger partial charge < -0.3 is 10.2 Å². The molecule has 2 unspecified atom stereocenters. The van der Waals surface area contributed by atoms with Gasteiger partial charge in [-0.3, -0.25) is 0 Å². The van der Waals surface area contributed by atoms with Crippen molar-refractivity contribution in [2.24, 2.45) is 5.92 Å². The lowest BCUT2D eigenvalue weighted by Crippen LogP contribution is -2.45. The van der Waals surface area contributed by atoms with Crippen LogP contribution in [-0.4, -0.2) is 21.9 Å². The first-order valence-electron chi connectivity index (χ1n) is 4.25. The van der Waals surface area contributed by atoms with Gasteiger partial charge in [-0.15, -0.1) is 0 Å². The molecular formula is C10H16O2. The highest BCUT2D eigenvalue weighted by Gasteiger charge is 2.36. The molecule has 0 amide bonds. The number of hydrogen-bond donors (Lipinski definition) is 2. The summed E-state index contributed by atoms with van der Waals surface area (Å²) >= 11 is 0. The maximum absolute atomic E-state index is 9.95. The Bertz CT molecular complexity index is 228. The third-order valence-corrected chi connectivity index (χ3v) is 2.43. The maximum Gasteiger partial charge on any atom is 0.115 e. The van der Waals surface area contributed by atoms with Crippen LogP contribution in [0.5, 0.6) is 0 Å². The van der Waals surface area contributed by atoms with Gasteiger partial charge >= 0.3 is 0 Å². The minimum Gasteiger partial charge on any atom is -0.386 e. The van der Waals surface area contributed by atoms with E-state index in [0.29, 0.717) is 0 Å². The van der Waals surface area contributed by atoms with Crippen molar-refractivity contribution in [1.82, 2.24) is 0 Å². The predicted molar refractivity (Wildman–Crippen MR) is 48.7 cm³/mol. The van der Waals surface area contributed by atoms with Crippen LogP contribution in [0, 0.1) is 5.92 Å². The largest absolute Gasteiger partial charge is 0.386 e. The Hall–Kier alpha value is -0.600. The van der Waals surface area contributed by atoms with E-state index < -0.39 is 11.7 Å². The summed E-state index contributed by atoms with van der Waals surface area (Å²) in [5, 5.41) is 19.5. The molecular weight excluding hydrogens is 152 g/mol. The molecule has 0 aromatic carbocycles. The van der Waals surface area contributed by atoms with Crippen molar-refractivity contribution < 1.29 is 10.2 Å². The van der Waals surface area contributed by atoms with Crippen LogP contribution in [0.1, 0.15) is 20.8 Å². The molecule has 0 aliphatic heterocycles. The number of hydrogen-bond acceptors (Lipinski definition) is 2. The molecule has 0 fully saturated rings. The minimum absolute atomic E-state index is 0.0214. The van der Waals surface area contributed by atoms with E-state index in [4.69, 9.17) is 0 Å². The first-order chi connectivity index (χ1) is 5.47. The van der Waals surface area contributed by atoms with E-state index in [1.807, 2.05) is 26.8 Å². The third kappa shape index (κ3) is 1.45. The summed E-state index contributed by atoms with van der Waals surface area (Å²) in [7, 11) is 0. The van der Waals surface area contributed by atoms with E-state index in [0.717, 1.165) is 5.57 Å². The number of rotatable bonds is 1. The second-order valence-electron chi connectivity index (χ2n) is 3.73. The van der Waals surface area contributed by atoms with Gasteiger partial charge in [0.1, 0.15) is 11.7 Å². The van der Waals surface area contributed by atoms with E-state index in [9.17, 15) is 10.2 Å². The fourth-order valence-corrected chi connectivity index (χ4v) is 1.34. The van der Waals surface area contributed by atoms with Crippen LogP contribution < -0.4 is 0 Å². The van der Waals surface area contributed by atoms with E-state index in [2.05, 4.69) is 0 Å². The molecule has 0 saturated carbocycles. The predicted octanol–water partition coefficient (Wildman–Crippen LogP) is 1.25. The molecule has 0 aromatic heterocycles. The molecule has 68 valence electrons. The van der Waals surface area contributed by atoms with Crippen molar-refractivity contribution >= 4 is 0 Å². The summed E-state index contributed by atoms with van der Waals surface area (Å²) in [5.74, 6) is 0.0214. The van der Waals surface area contributed by atoms with Crippen LogP contribution >= 0.6 is 0 Å². The van der Waals surface area contributed by atoms with Crippen LogP contribution in [0.4, 0.5) is 0 Å². The summed E-state index contributed by atoms with van der Waals surface area (Å²) in [6.07, 6.45) is 4.42. The lowest BCUT2D eigenvalue weighted by atomic mass is 9.81. The van der Waals surface area contributed by atoms with Gasteiger partial charge in [-0.25, -0.2) is 0 Å². The second kappa shape index (κ2) is 3.04. The smallest absolute Gasteiger partial charge is 0.115 e. The normalized spacial score (nSPS) is 35.5. The van der Waals surface area contributed by atoms with Crippen LogP contribution in [0.25, 0.3) is 0 Å². The molecule has 1 rings (SSSR count). The van der Waals surface area contributed by atoms with Gasteiger partial charge in [0.2, 0.25) is 0 Å². The van der Waals surface area contributed by atoms with Gasteiger partial charge in [0.15, 0.2) is 0 Å². The lowest BCUT2D eigenvalue weighted by Gasteiger charge is -2.34. The molecule has 0 aromatic rings. The fraction of sp³-hybridized carbons (Fsp3) is 0.600. The average molecular weight is 168 g/mol. The highest BCUT2D eigenvalue weighted by molar-refractivity contribution is 5.30. The first kappa shape index (κ1) is 9.49. The first-order valence-corrected chi connectivity index (χ1v) is 4.25. The Labute approximate surface area is 73.2 Å². The Morgan fingerprint density at radius 3 is 2.50 bits per heavy atom. The monoisotopic (exact) mass is 168 g/mol. The van der Waals surface area contributed by atoms with Crippen molar-refractivity contribution in [2.45, 2.75) is 32.5 Å². The summed E-state index contributed by atoms with van der Waals surface area (Å²) in [4.78, 5) is 0. The summed E-state index contributed by atoms with van der Waals surface area (Å²) in [5.41, 5.74) is -0.0905. The molecule has 0 heterocycles. The Balaban J connectivity index is 2.91. The zero-order valence-electron chi connectivity index (χ0n) is 7.78. The third-order valence-electron chi connectivity index (χ3n) is 2.43. The Morgan fingerprint density at radius 2 is 2.08 bits per heavy atom. The molecule has 0 bridgehead atoms. The lowest BCUT2D eigenvalue weighted by molar-refractivity contribution is -0.0484. The molecule has 2 nitrogen and oxygen atoms in total. The van der Waals surface area contributed by atoms with Crippen molar-refractivity contribution in [3.63, 3.8) is 0 Å². The maximum atomic E-state index is 9.95. The SMILES string of the molecule is CC1=CC(O)C(O)(C(C)C)C=C1. The van der Waals surface area contributed by atoms with Crippen molar-refractivity contribution in [3.05, 3.63) is 23.8 Å². The molecule has 2 atom stereocenters. The standard InChI is InChI=1S/C10H16O2/c1-7(2)10(12)5-4-8(3)6-9(10)11/h4-7,9,11-12H,1-3H3. The minimum atomic E-state index is -1.08. The molecule has 2 N–H and O–H groups in total. The topological polar surface area (TPSA) is 40.5 Å². The Morgan fingerprint density at radius 1 is 1.50 bits per heavy atom. The van der Waals surface area contributed by atoms with Crippen LogP contribution in [0.3, 0.4) is 0 Å². The zero-order valence-corrected chi connectivity index (χ0v) is 7.78.